The second-order valence-electron chi connectivity index (χ2n) is 4.90. The Labute approximate surface area is 116 Å². The second-order valence-corrected chi connectivity index (χ2v) is 4.90. The highest BCUT2D eigenvalue weighted by atomic mass is 16.2. The van der Waals surface area contributed by atoms with Gasteiger partial charge in [0.15, 0.2) is 0 Å². The molecule has 0 aliphatic carbocycles. The van der Waals surface area contributed by atoms with E-state index >= 15 is 0 Å². The van der Waals surface area contributed by atoms with Crippen LogP contribution in [-0.4, -0.2) is 30.4 Å². The van der Waals surface area contributed by atoms with Crippen LogP contribution in [-0.2, 0) is 4.79 Å². The van der Waals surface area contributed by atoms with Crippen LogP contribution < -0.4 is 11.1 Å². The monoisotopic (exact) mass is 263 g/mol. The number of rotatable bonds is 7. The van der Waals surface area contributed by atoms with Crippen LogP contribution in [0.2, 0.25) is 0 Å². The lowest BCUT2D eigenvalue weighted by molar-refractivity contribution is -0.117. The summed E-state index contributed by atoms with van der Waals surface area (Å²) in [5.41, 5.74) is 8.25. The molecule has 0 atom stereocenters. The van der Waals surface area contributed by atoms with Gasteiger partial charge < -0.3 is 11.1 Å². The van der Waals surface area contributed by atoms with E-state index in [2.05, 4.69) is 24.1 Å². The Kier molecular flexibility index (Phi) is 6.36. The molecule has 1 aromatic rings. The minimum Gasteiger partial charge on any atom is -0.399 e. The predicted octanol–water partition coefficient (Wildman–Crippen LogP) is 2.64. The summed E-state index contributed by atoms with van der Waals surface area (Å²) in [4.78, 5) is 14.2. The van der Waals surface area contributed by atoms with E-state index in [0.29, 0.717) is 12.2 Å². The molecule has 0 spiro atoms. The number of nitrogens with zero attached hydrogens (tertiary/aromatic N) is 1. The lowest BCUT2D eigenvalue weighted by Gasteiger charge is -2.20. The smallest absolute Gasteiger partial charge is 0.238 e. The van der Waals surface area contributed by atoms with Crippen molar-refractivity contribution in [3.8, 4) is 0 Å². The lowest BCUT2D eigenvalue weighted by Crippen LogP contribution is -2.34. The van der Waals surface area contributed by atoms with Gasteiger partial charge in [0.25, 0.3) is 0 Å². The summed E-state index contributed by atoms with van der Waals surface area (Å²) in [7, 11) is 0. The van der Waals surface area contributed by atoms with Crippen molar-refractivity contribution < 1.29 is 4.79 Å². The van der Waals surface area contributed by atoms with Crippen LogP contribution in [0.15, 0.2) is 18.2 Å². The van der Waals surface area contributed by atoms with Gasteiger partial charge in [-0.15, -0.1) is 0 Å². The van der Waals surface area contributed by atoms with Crippen molar-refractivity contribution in [1.82, 2.24) is 4.90 Å². The van der Waals surface area contributed by atoms with Crippen molar-refractivity contribution in [2.24, 2.45) is 0 Å². The molecule has 1 amide bonds. The number of aryl methyl sites for hydroxylation is 1. The van der Waals surface area contributed by atoms with E-state index in [9.17, 15) is 4.79 Å². The highest BCUT2D eigenvalue weighted by molar-refractivity contribution is 5.93. The van der Waals surface area contributed by atoms with E-state index in [-0.39, 0.29) is 5.91 Å². The van der Waals surface area contributed by atoms with Crippen molar-refractivity contribution in [1.29, 1.82) is 0 Å². The summed E-state index contributed by atoms with van der Waals surface area (Å²) in [5.74, 6) is 0.0368. The van der Waals surface area contributed by atoms with Gasteiger partial charge in [-0.2, -0.15) is 0 Å². The molecule has 19 heavy (non-hydrogen) atoms. The minimum atomic E-state index is 0.0368. The van der Waals surface area contributed by atoms with Crippen LogP contribution in [0.4, 0.5) is 11.4 Å². The number of carbonyl (C=O) groups excluding carboxylic acids is 1. The number of hydrogen-bond donors (Lipinski definition) is 2. The maximum Gasteiger partial charge on any atom is 0.238 e. The molecule has 0 heterocycles. The summed E-state index contributed by atoms with van der Waals surface area (Å²) in [6.07, 6.45) is 2.13. The Morgan fingerprint density at radius 2 is 1.89 bits per heavy atom. The summed E-state index contributed by atoms with van der Waals surface area (Å²) in [6.45, 7) is 8.58. The van der Waals surface area contributed by atoms with Gasteiger partial charge in [0.1, 0.15) is 0 Å². The number of benzene rings is 1. The Morgan fingerprint density at radius 1 is 1.26 bits per heavy atom. The van der Waals surface area contributed by atoms with Gasteiger partial charge in [-0.1, -0.05) is 13.8 Å². The van der Waals surface area contributed by atoms with Crippen LogP contribution in [0.25, 0.3) is 0 Å². The fourth-order valence-electron chi connectivity index (χ4n) is 2.12. The number of nitrogens with two attached hydrogens (primary N) is 1. The number of hydrogen-bond acceptors (Lipinski definition) is 3. The van der Waals surface area contributed by atoms with Gasteiger partial charge in [0.05, 0.1) is 6.54 Å². The summed E-state index contributed by atoms with van der Waals surface area (Å²) >= 11 is 0. The highest BCUT2D eigenvalue weighted by Gasteiger charge is 2.10. The van der Waals surface area contributed by atoms with Crippen LogP contribution in [0.5, 0.6) is 0 Å². The summed E-state index contributed by atoms with van der Waals surface area (Å²) < 4.78 is 0. The second kappa shape index (κ2) is 7.79. The average molecular weight is 263 g/mol. The molecule has 0 aliphatic heterocycles. The Balaban J connectivity index is 2.58. The number of anilines is 2. The van der Waals surface area contributed by atoms with E-state index in [1.807, 2.05) is 19.1 Å². The largest absolute Gasteiger partial charge is 0.399 e. The molecule has 3 N–H and O–H groups in total. The molecule has 4 heteroatoms. The lowest BCUT2D eigenvalue weighted by atomic mass is 10.2. The quantitative estimate of drug-likeness (QED) is 0.743. The molecule has 0 bridgehead atoms. The average Bonchev–Trinajstić information content (AvgIpc) is 2.33. The molecule has 1 rings (SSSR count). The van der Waals surface area contributed by atoms with E-state index in [1.54, 1.807) is 6.07 Å². The topological polar surface area (TPSA) is 58.4 Å². The van der Waals surface area contributed by atoms with Crippen molar-refractivity contribution in [2.75, 3.05) is 30.7 Å². The van der Waals surface area contributed by atoms with Crippen LogP contribution in [0.3, 0.4) is 0 Å². The number of amides is 1. The first-order chi connectivity index (χ1) is 9.06. The first-order valence-corrected chi connectivity index (χ1v) is 6.95. The third kappa shape index (κ3) is 5.30. The third-order valence-corrected chi connectivity index (χ3v) is 2.97. The molecule has 0 aliphatic rings. The van der Waals surface area contributed by atoms with E-state index in [0.717, 1.165) is 37.2 Å². The zero-order valence-electron chi connectivity index (χ0n) is 12.2. The SMILES string of the molecule is CCCN(CCC)CC(=O)Nc1ccc(N)cc1C. The van der Waals surface area contributed by atoms with Gasteiger partial charge in [-0.05, 0) is 56.6 Å². The first-order valence-electron chi connectivity index (χ1n) is 6.95. The molecule has 0 saturated carbocycles. The van der Waals surface area contributed by atoms with Gasteiger partial charge in [-0.3, -0.25) is 9.69 Å². The van der Waals surface area contributed by atoms with E-state index in [1.165, 1.54) is 0 Å². The van der Waals surface area contributed by atoms with Crippen LogP contribution in [0.1, 0.15) is 32.3 Å². The molecule has 0 radical (unpaired) electrons. The van der Waals surface area contributed by atoms with Gasteiger partial charge >= 0.3 is 0 Å². The molecule has 0 saturated heterocycles. The zero-order chi connectivity index (χ0) is 14.3. The maximum absolute atomic E-state index is 12.0. The van der Waals surface area contributed by atoms with Crippen molar-refractivity contribution in [3.05, 3.63) is 23.8 Å². The van der Waals surface area contributed by atoms with Crippen molar-refractivity contribution in [3.63, 3.8) is 0 Å². The first kappa shape index (κ1) is 15.5. The third-order valence-electron chi connectivity index (χ3n) is 2.97. The minimum absolute atomic E-state index is 0.0368. The van der Waals surface area contributed by atoms with Crippen LogP contribution >= 0.6 is 0 Å². The Hall–Kier alpha value is -1.55. The Morgan fingerprint density at radius 3 is 2.42 bits per heavy atom. The molecule has 0 unspecified atom stereocenters. The Bertz CT molecular complexity index is 412. The van der Waals surface area contributed by atoms with Gasteiger partial charge in [-0.25, -0.2) is 0 Å². The molecular weight excluding hydrogens is 238 g/mol. The van der Waals surface area contributed by atoms with Gasteiger partial charge in [0, 0.05) is 11.4 Å². The molecule has 106 valence electrons. The van der Waals surface area contributed by atoms with Gasteiger partial charge in [0.2, 0.25) is 5.91 Å². The molecular formula is C15H25N3O. The van der Waals surface area contributed by atoms with Crippen molar-refractivity contribution >= 4 is 17.3 Å². The fourth-order valence-corrected chi connectivity index (χ4v) is 2.12. The van der Waals surface area contributed by atoms with Crippen LogP contribution in [0, 0.1) is 6.92 Å². The van der Waals surface area contributed by atoms with E-state index in [4.69, 9.17) is 5.73 Å². The van der Waals surface area contributed by atoms with E-state index < -0.39 is 0 Å². The molecule has 1 aromatic carbocycles. The zero-order valence-corrected chi connectivity index (χ0v) is 12.2. The fraction of sp³-hybridized carbons (Fsp3) is 0.533. The standard InChI is InChI=1S/C15H25N3O/c1-4-8-18(9-5-2)11-15(19)17-14-7-6-13(16)10-12(14)3/h6-7,10H,4-5,8-9,11,16H2,1-3H3,(H,17,19). The summed E-state index contributed by atoms with van der Waals surface area (Å²) in [5, 5.41) is 2.95. The van der Waals surface area contributed by atoms with Crippen molar-refractivity contribution in [2.45, 2.75) is 33.6 Å². The molecule has 0 aromatic heterocycles. The summed E-state index contributed by atoms with van der Waals surface area (Å²) in [6, 6.07) is 5.52. The maximum atomic E-state index is 12.0. The normalized spacial score (nSPS) is 10.7. The molecule has 0 fully saturated rings. The number of nitrogen functional groups attached to an aromatic ring is 1. The predicted molar refractivity (Wildman–Crippen MR) is 81.2 cm³/mol. The number of carbonyl (C=O) groups is 1. The molecule has 4 nitrogen and oxygen atoms in total. The highest BCUT2D eigenvalue weighted by Crippen LogP contribution is 2.17. The number of nitrogens with one attached hydrogen (secondary N) is 1.